The average molecular weight is 395 g/mol. The van der Waals surface area contributed by atoms with Crippen molar-refractivity contribution in [2.75, 3.05) is 17.7 Å². The van der Waals surface area contributed by atoms with Crippen LogP contribution >= 0.6 is 23.2 Å². The van der Waals surface area contributed by atoms with Gasteiger partial charge in [0.25, 0.3) is 0 Å². The number of carbonyl (C=O) groups is 2. The van der Waals surface area contributed by atoms with Crippen molar-refractivity contribution in [1.29, 1.82) is 0 Å². The molecule has 0 aliphatic heterocycles. The summed E-state index contributed by atoms with van der Waals surface area (Å²) in [6.45, 7) is 4.98. The second kappa shape index (κ2) is 7.98. The van der Waals surface area contributed by atoms with Gasteiger partial charge in [-0.2, -0.15) is 0 Å². The van der Waals surface area contributed by atoms with Gasteiger partial charge in [0, 0.05) is 5.69 Å². The molecule has 0 spiro atoms. The van der Waals surface area contributed by atoms with Gasteiger partial charge in [0.2, 0.25) is 11.8 Å². The van der Waals surface area contributed by atoms with Crippen molar-refractivity contribution < 1.29 is 14.3 Å². The van der Waals surface area contributed by atoms with E-state index >= 15 is 0 Å². The van der Waals surface area contributed by atoms with Crippen molar-refractivity contribution in [2.24, 2.45) is 5.41 Å². The third kappa shape index (κ3) is 4.48. The van der Waals surface area contributed by atoms with Gasteiger partial charge in [0.15, 0.2) is 0 Å². The molecule has 0 unspecified atom stereocenters. The van der Waals surface area contributed by atoms with E-state index in [0.29, 0.717) is 27.2 Å². The van der Waals surface area contributed by atoms with E-state index < -0.39 is 17.2 Å². The van der Waals surface area contributed by atoms with Gasteiger partial charge in [-0.25, -0.2) is 0 Å². The van der Waals surface area contributed by atoms with Crippen LogP contribution in [0.3, 0.4) is 0 Å². The number of aryl methyl sites for hydroxylation is 1. The van der Waals surface area contributed by atoms with Crippen molar-refractivity contribution in [3.63, 3.8) is 0 Å². The molecule has 2 aromatic carbocycles. The number of anilines is 2. The quantitative estimate of drug-likeness (QED) is 0.707. The summed E-state index contributed by atoms with van der Waals surface area (Å²) in [5, 5.41) is 6.14. The van der Waals surface area contributed by atoms with E-state index in [0.717, 1.165) is 5.56 Å². The zero-order valence-corrected chi connectivity index (χ0v) is 16.5. The fraction of sp³-hybridized carbons (Fsp3) is 0.263. The Kier molecular flexibility index (Phi) is 6.16. The number of amides is 2. The van der Waals surface area contributed by atoms with Crippen LogP contribution in [0.25, 0.3) is 0 Å². The summed E-state index contributed by atoms with van der Waals surface area (Å²) in [5.74, 6) is -0.413. The number of hydrogen-bond donors (Lipinski definition) is 2. The topological polar surface area (TPSA) is 67.4 Å². The first kappa shape index (κ1) is 20.1. The van der Waals surface area contributed by atoms with Crippen molar-refractivity contribution in [1.82, 2.24) is 0 Å². The second-order valence-electron chi connectivity index (χ2n) is 6.37. The predicted molar refractivity (Wildman–Crippen MR) is 105 cm³/mol. The highest BCUT2D eigenvalue weighted by molar-refractivity contribution is 6.42. The van der Waals surface area contributed by atoms with Gasteiger partial charge in [-0.05, 0) is 56.7 Å². The van der Waals surface area contributed by atoms with E-state index in [1.807, 2.05) is 13.0 Å². The fourth-order valence-corrected chi connectivity index (χ4v) is 2.46. The maximum Gasteiger partial charge on any atom is 0.239 e. The van der Waals surface area contributed by atoms with E-state index in [9.17, 15) is 9.59 Å². The van der Waals surface area contributed by atoms with Crippen LogP contribution in [0.1, 0.15) is 19.4 Å². The Balaban J connectivity index is 2.17. The van der Waals surface area contributed by atoms with Crippen LogP contribution in [0.2, 0.25) is 10.0 Å². The zero-order valence-electron chi connectivity index (χ0n) is 14.9. The molecule has 2 amide bonds. The molecule has 26 heavy (non-hydrogen) atoms. The summed E-state index contributed by atoms with van der Waals surface area (Å²) >= 11 is 11.8. The lowest BCUT2D eigenvalue weighted by atomic mass is 9.90. The minimum absolute atomic E-state index is 0.316. The summed E-state index contributed by atoms with van der Waals surface area (Å²) in [6, 6.07) is 10.1. The maximum atomic E-state index is 12.7. The monoisotopic (exact) mass is 394 g/mol. The zero-order chi connectivity index (χ0) is 19.5. The number of rotatable bonds is 5. The molecule has 2 aromatic rings. The number of carbonyl (C=O) groups excluding carboxylic acids is 2. The summed E-state index contributed by atoms with van der Waals surface area (Å²) in [5.41, 5.74) is 0.589. The van der Waals surface area contributed by atoms with Crippen molar-refractivity contribution in [3.05, 3.63) is 52.0 Å². The summed E-state index contributed by atoms with van der Waals surface area (Å²) in [6.07, 6.45) is 0. The molecule has 0 aliphatic rings. The molecular formula is C19H20Cl2N2O3. The first-order valence-electron chi connectivity index (χ1n) is 7.87. The van der Waals surface area contributed by atoms with E-state index in [1.54, 1.807) is 24.3 Å². The lowest BCUT2D eigenvalue weighted by Crippen LogP contribution is -2.41. The number of ether oxygens (including phenoxy) is 1. The molecule has 0 bridgehead atoms. The number of hydrogen-bond acceptors (Lipinski definition) is 3. The normalized spacial score (nSPS) is 11.0. The Hall–Kier alpha value is -2.24. The smallest absolute Gasteiger partial charge is 0.239 e. The molecular weight excluding hydrogens is 375 g/mol. The molecule has 0 atom stereocenters. The number of halogens is 2. The molecule has 0 aliphatic carbocycles. The molecule has 0 aromatic heterocycles. The highest BCUT2D eigenvalue weighted by Crippen LogP contribution is 2.29. The molecule has 2 N–H and O–H groups in total. The van der Waals surface area contributed by atoms with Crippen molar-refractivity contribution in [3.8, 4) is 5.75 Å². The van der Waals surface area contributed by atoms with Gasteiger partial charge in [-0.15, -0.1) is 0 Å². The Morgan fingerprint density at radius 3 is 2.23 bits per heavy atom. The summed E-state index contributed by atoms with van der Waals surface area (Å²) in [7, 11) is 1.52. The van der Waals surface area contributed by atoms with Gasteiger partial charge >= 0.3 is 0 Å². The van der Waals surface area contributed by atoms with Crippen LogP contribution in [0.15, 0.2) is 36.4 Å². The predicted octanol–water partition coefficient (Wildman–Crippen LogP) is 4.91. The molecule has 7 heteroatoms. The van der Waals surface area contributed by atoms with Crippen LogP contribution in [0.4, 0.5) is 11.4 Å². The Bertz CT molecular complexity index is 851. The molecule has 0 saturated carbocycles. The number of nitrogens with one attached hydrogen (secondary N) is 2. The van der Waals surface area contributed by atoms with E-state index in [2.05, 4.69) is 10.6 Å². The minimum Gasteiger partial charge on any atom is -0.495 e. The third-order valence-corrected chi connectivity index (χ3v) is 4.65. The lowest BCUT2D eigenvalue weighted by molar-refractivity contribution is -0.135. The lowest BCUT2D eigenvalue weighted by Gasteiger charge is -2.23. The molecule has 138 valence electrons. The molecule has 2 rings (SSSR count). The molecule has 5 nitrogen and oxygen atoms in total. The van der Waals surface area contributed by atoms with Crippen molar-refractivity contribution in [2.45, 2.75) is 20.8 Å². The molecule has 0 saturated heterocycles. The van der Waals surface area contributed by atoms with Crippen LogP contribution in [0, 0.1) is 12.3 Å². The largest absolute Gasteiger partial charge is 0.495 e. The fourth-order valence-electron chi connectivity index (χ4n) is 2.16. The van der Waals surface area contributed by atoms with Crippen LogP contribution in [-0.4, -0.2) is 18.9 Å². The standard InChI is InChI=1S/C19H20Cl2N2O3/c1-11-5-8-16(26-4)15(9-11)23-18(25)19(2,3)17(24)22-12-6-7-13(20)14(21)10-12/h5-10H,1-4H3,(H,22,24)(H,23,25). The molecule has 0 fully saturated rings. The number of methoxy groups -OCH3 is 1. The highest BCUT2D eigenvalue weighted by Gasteiger charge is 2.36. The van der Waals surface area contributed by atoms with Gasteiger partial charge in [-0.3, -0.25) is 9.59 Å². The maximum absolute atomic E-state index is 12.7. The van der Waals surface area contributed by atoms with Gasteiger partial charge < -0.3 is 15.4 Å². The minimum atomic E-state index is -1.33. The Labute approximate surface area is 162 Å². The van der Waals surface area contributed by atoms with Crippen LogP contribution < -0.4 is 15.4 Å². The number of benzene rings is 2. The van der Waals surface area contributed by atoms with E-state index in [4.69, 9.17) is 27.9 Å². The van der Waals surface area contributed by atoms with E-state index in [-0.39, 0.29) is 0 Å². The first-order valence-corrected chi connectivity index (χ1v) is 8.63. The van der Waals surface area contributed by atoms with E-state index in [1.165, 1.54) is 27.0 Å². The van der Waals surface area contributed by atoms with Gasteiger partial charge in [0.05, 0.1) is 22.8 Å². The van der Waals surface area contributed by atoms with Gasteiger partial charge in [-0.1, -0.05) is 29.3 Å². The SMILES string of the molecule is COc1ccc(C)cc1NC(=O)C(C)(C)C(=O)Nc1ccc(Cl)c(Cl)c1. The van der Waals surface area contributed by atoms with Gasteiger partial charge in [0.1, 0.15) is 11.2 Å². The average Bonchev–Trinajstić information content (AvgIpc) is 2.58. The summed E-state index contributed by atoms with van der Waals surface area (Å²) in [4.78, 5) is 25.3. The third-order valence-electron chi connectivity index (χ3n) is 3.92. The van der Waals surface area contributed by atoms with Crippen LogP contribution in [-0.2, 0) is 9.59 Å². The Morgan fingerprint density at radius 1 is 0.962 bits per heavy atom. The van der Waals surface area contributed by atoms with Crippen molar-refractivity contribution >= 4 is 46.4 Å². The highest BCUT2D eigenvalue weighted by atomic mass is 35.5. The van der Waals surface area contributed by atoms with Crippen LogP contribution in [0.5, 0.6) is 5.75 Å². The molecule has 0 heterocycles. The first-order chi connectivity index (χ1) is 12.1. The second-order valence-corrected chi connectivity index (χ2v) is 7.18. The summed E-state index contributed by atoms with van der Waals surface area (Å²) < 4.78 is 5.25. The molecule has 0 radical (unpaired) electrons. The Morgan fingerprint density at radius 2 is 1.62 bits per heavy atom.